The molecule has 1 aromatic heterocycles. The fraction of sp³-hybridized carbons (Fsp3) is 0.240. The number of nitrogens with one attached hydrogen (secondary N) is 1. The van der Waals surface area contributed by atoms with Gasteiger partial charge in [-0.15, -0.1) is 0 Å². The number of hydrogen-bond donors (Lipinski definition) is 1. The van der Waals surface area contributed by atoms with E-state index in [1.807, 2.05) is 0 Å². The number of nitrogens with zero attached hydrogens (tertiary/aromatic N) is 2. The summed E-state index contributed by atoms with van der Waals surface area (Å²) in [7, 11) is 0. The Balaban J connectivity index is 1.62. The lowest BCUT2D eigenvalue weighted by atomic mass is 9.91. The van der Waals surface area contributed by atoms with E-state index in [9.17, 15) is 0 Å². The smallest absolute Gasteiger partial charge is 0.204 e. The second-order valence-electron chi connectivity index (χ2n) is 8.12. The molecule has 0 amide bonds. The lowest BCUT2D eigenvalue weighted by molar-refractivity contribution is 0.477. The molecule has 1 aliphatic heterocycles. The van der Waals surface area contributed by atoms with E-state index in [-0.39, 0.29) is 12.1 Å². The number of rotatable bonds is 3. The van der Waals surface area contributed by atoms with Crippen molar-refractivity contribution in [3.8, 4) is 0 Å². The van der Waals surface area contributed by atoms with Crippen LogP contribution in [0.3, 0.4) is 0 Å². The van der Waals surface area contributed by atoms with E-state index in [4.69, 9.17) is 4.98 Å². The zero-order valence-corrected chi connectivity index (χ0v) is 18.2. The molecule has 29 heavy (non-hydrogen) atoms. The summed E-state index contributed by atoms with van der Waals surface area (Å²) in [6.07, 6.45) is 0.982. The van der Waals surface area contributed by atoms with Gasteiger partial charge in [-0.3, -0.25) is 0 Å². The third-order valence-electron chi connectivity index (χ3n) is 5.93. The van der Waals surface area contributed by atoms with Crippen molar-refractivity contribution < 1.29 is 0 Å². The maximum Gasteiger partial charge on any atom is 0.204 e. The summed E-state index contributed by atoms with van der Waals surface area (Å²) >= 11 is 3.55. The number of imidazole rings is 1. The van der Waals surface area contributed by atoms with E-state index in [1.165, 1.54) is 22.2 Å². The Morgan fingerprint density at radius 1 is 0.931 bits per heavy atom. The van der Waals surface area contributed by atoms with Gasteiger partial charge in [-0.05, 0) is 53.3 Å². The molecule has 5 rings (SSSR count). The molecule has 146 valence electrons. The monoisotopic (exact) mass is 445 g/mol. The second-order valence-corrected chi connectivity index (χ2v) is 9.03. The molecule has 1 aliphatic rings. The number of anilines is 1. The molecule has 0 unspecified atom stereocenters. The Hall–Kier alpha value is -2.59. The minimum absolute atomic E-state index is 0.224. The highest BCUT2D eigenvalue weighted by Gasteiger charge is 2.30. The predicted octanol–water partition coefficient (Wildman–Crippen LogP) is 7.07. The maximum absolute atomic E-state index is 4.91. The lowest BCUT2D eigenvalue weighted by Crippen LogP contribution is -2.27. The third kappa shape index (κ3) is 3.36. The quantitative estimate of drug-likeness (QED) is 0.365. The molecule has 0 aliphatic carbocycles. The molecule has 0 saturated carbocycles. The molecular formula is C25H24BrN3. The first-order valence-corrected chi connectivity index (χ1v) is 11.0. The first-order valence-electron chi connectivity index (χ1n) is 10.2. The van der Waals surface area contributed by atoms with Crippen LogP contribution in [0.25, 0.3) is 11.0 Å². The van der Waals surface area contributed by atoms with E-state index in [0.29, 0.717) is 5.92 Å². The maximum atomic E-state index is 4.91. The summed E-state index contributed by atoms with van der Waals surface area (Å²) in [4.78, 5) is 4.91. The van der Waals surface area contributed by atoms with E-state index >= 15 is 0 Å². The standard InChI is InChI=1S/C25H24BrN3/c1-16(2)17-7-9-19(10-8-17)24-15-22(18-11-13-20(26)14-12-18)28-25-27-21-5-3-4-6-23(21)29(24)25/h3-14,16,22,24H,15H2,1-2H3,(H,27,28)/t22-,24+/m1/s1. The molecule has 2 heterocycles. The van der Waals surface area contributed by atoms with Gasteiger partial charge in [0.25, 0.3) is 0 Å². The van der Waals surface area contributed by atoms with E-state index < -0.39 is 0 Å². The van der Waals surface area contributed by atoms with Gasteiger partial charge in [0.15, 0.2) is 0 Å². The first kappa shape index (κ1) is 18.4. The fourth-order valence-electron chi connectivity index (χ4n) is 4.31. The average molecular weight is 446 g/mol. The van der Waals surface area contributed by atoms with Crippen LogP contribution in [0.5, 0.6) is 0 Å². The minimum atomic E-state index is 0.224. The summed E-state index contributed by atoms with van der Waals surface area (Å²) in [6, 6.07) is 26.6. The number of para-hydroxylation sites is 2. The molecule has 4 aromatic rings. The van der Waals surface area contributed by atoms with Crippen molar-refractivity contribution in [1.82, 2.24) is 9.55 Å². The molecule has 1 N–H and O–H groups in total. The lowest BCUT2D eigenvalue weighted by Gasteiger charge is -2.33. The zero-order chi connectivity index (χ0) is 20.0. The number of halogens is 1. The highest BCUT2D eigenvalue weighted by Crippen LogP contribution is 2.41. The van der Waals surface area contributed by atoms with Crippen molar-refractivity contribution in [2.45, 2.75) is 38.3 Å². The number of aromatic nitrogens is 2. The number of fused-ring (bicyclic) bond motifs is 3. The Kier molecular flexibility index (Phi) is 4.67. The topological polar surface area (TPSA) is 29.9 Å². The van der Waals surface area contributed by atoms with Gasteiger partial charge >= 0.3 is 0 Å². The van der Waals surface area contributed by atoms with Crippen LogP contribution in [-0.2, 0) is 0 Å². The van der Waals surface area contributed by atoms with Gasteiger partial charge in [-0.1, -0.05) is 78.3 Å². The van der Waals surface area contributed by atoms with Crippen LogP contribution in [0, 0.1) is 0 Å². The molecule has 0 fully saturated rings. The third-order valence-corrected chi connectivity index (χ3v) is 6.46. The van der Waals surface area contributed by atoms with E-state index in [1.54, 1.807) is 0 Å². The van der Waals surface area contributed by atoms with Crippen LogP contribution in [0.2, 0.25) is 0 Å². The van der Waals surface area contributed by atoms with Gasteiger partial charge < -0.3 is 9.88 Å². The van der Waals surface area contributed by atoms with Crippen molar-refractivity contribution in [2.24, 2.45) is 0 Å². The molecule has 2 atom stereocenters. The van der Waals surface area contributed by atoms with Crippen LogP contribution >= 0.6 is 15.9 Å². The highest BCUT2D eigenvalue weighted by atomic mass is 79.9. The van der Waals surface area contributed by atoms with Gasteiger partial charge in [-0.2, -0.15) is 0 Å². The predicted molar refractivity (Wildman–Crippen MR) is 124 cm³/mol. The molecule has 0 saturated heterocycles. The van der Waals surface area contributed by atoms with Gasteiger partial charge in [0.05, 0.1) is 23.1 Å². The summed E-state index contributed by atoms with van der Waals surface area (Å²) in [5.41, 5.74) is 6.22. The van der Waals surface area contributed by atoms with Gasteiger partial charge in [0.1, 0.15) is 0 Å². The van der Waals surface area contributed by atoms with Crippen LogP contribution in [0.1, 0.15) is 55.0 Å². The van der Waals surface area contributed by atoms with Crippen molar-refractivity contribution in [2.75, 3.05) is 5.32 Å². The Bertz CT molecular complexity index is 1140. The Morgan fingerprint density at radius 3 is 2.34 bits per heavy atom. The normalized spacial score (nSPS) is 18.6. The van der Waals surface area contributed by atoms with Crippen LogP contribution < -0.4 is 5.32 Å². The Morgan fingerprint density at radius 2 is 1.62 bits per heavy atom. The average Bonchev–Trinajstić information content (AvgIpc) is 3.12. The van der Waals surface area contributed by atoms with Crippen LogP contribution in [-0.4, -0.2) is 9.55 Å². The minimum Gasteiger partial charge on any atom is -0.349 e. The van der Waals surface area contributed by atoms with Crippen molar-refractivity contribution in [1.29, 1.82) is 0 Å². The highest BCUT2D eigenvalue weighted by molar-refractivity contribution is 9.10. The van der Waals surface area contributed by atoms with Gasteiger partial charge in [-0.25, -0.2) is 4.98 Å². The van der Waals surface area contributed by atoms with E-state index in [2.05, 4.69) is 112 Å². The largest absolute Gasteiger partial charge is 0.349 e. The number of hydrogen-bond acceptors (Lipinski definition) is 2. The van der Waals surface area contributed by atoms with Crippen molar-refractivity contribution in [3.63, 3.8) is 0 Å². The summed E-state index contributed by atoms with van der Waals surface area (Å²) in [5, 5.41) is 3.69. The van der Waals surface area contributed by atoms with Gasteiger partial charge in [0.2, 0.25) is 5.95 Å². The summed E-state index contributed by atoms with van der Waals surface area (Å²) in [6.45, 7) is 4.48. The molecule has 3 nitrogen and oxygen atoms in total. The van der Waals surface area contributed by atoms with E-state index in [0.717, 1.165) is 22.4 Å². The molecule has 0 bridgehead atoms. The molecular weight excluding hydrogens is 422 g/mol. The van der Waals surface area contributed by atoms with Crippen molar-refractivity contribution >= 4 is 32.9 Å². The zero-order valence-electron chi connectivity index (χ0n) is 16.6. The molecule has 0 spiro atoms. The first-order chi connectivity index (χ1) is 14.1. The summed E-state index contributed by atoms with van der Waals surface area (Å²) in [5.74, 6) is 1.49. The SMILES string of the molecule is CC(C)c1ccc([C@@H]2C[C@H](c3ccc(Br)cc3)Nc3nc4ccccc4n32)cc1. The molecule has 3 aromatic carbocycles. The van der Waals surface area contributed by atoms with Crippen molar-refractivity contribution in [3.05, 3.63) is 94.0 Å². The molecule has 0 radical (unpaired) electrons. The van der Waals surface area contributed by atoms with Gasteiger partial charge in [0, 0.05) is 4.47 Å². The fourth-order valence-corrected chi connectivity index (χ4v) is 4.57. The number of benzene rings is 3. The Labute approximate surface area is 179 Å². The van der Waals surface area contributed by atoms with Crippen LogP contribution in [0.4, 0.5) is 5.95 Å². The second kappa shape index (κ2) is 7.34. The molecule has 4 heteroatoms. The van der Waals surface area contributed by atoms with Crippen LogP contribution in [0.15, 0.2) is 77.3 Å². The summed E-state index contributed by atoms with van der Waals surface area (Å²) < 4.78 is 3.47.